The zero-order valence-electron chi connectivity index (χ0n) is 10.6. The molecular formula is C14H10BrN3O2. The third-order valence-corrected chi connectivity index (χ3v) is 4.05. The third-order valence-electron chi connectivity index (χ3n) is 3.39. The highest BCUT2D eigenvalue weighted by Crippen LogP contribution is 2.48. The Morgan fingerprint density at radius 2 is 2.10 bits per heavy atom. The molecule has 1 heterocycles. The third kappa shape index (κ3) is 1.90. The van der Waals surface area contributed by atoms with Gasteiger partial charge in [0.05, 0.1) is 12.1 Å². The van der Waals surface area contributed by atoms with E-state index in [9.17, 15) is 20.1 Å². The zero-order valence-corrected chi connectivity index (χ0v) is 12.2. The number of Topliss-reactive ketones (excluding diaryl/α,β-unsaturated/α-hetero) is 1. The molecule has 100 valence electrons. The predicted octanol–water partition coefficient (Wildman–Crippen LogP) is 2.28. The van der Waals surface area contributed by atoms with Gasteiger partial charge < -0.3 is 5.32 Å². The summed E-state index contributed by atoms with van der Waals surface area (Å²) in [6.07, 6.45) is -0.180. The van der Waals surface area contributed by atoms with Crippen LogP contribution in [0, 0.1) is 28.6 Å². The lowest BCUT2D eigenvalue weighted by atomic mass is 9.69. The van der Waals surface area contributed by atoms with E-state index in [2.05, 4.69) is 21.2 Å². The first kappa shape index (κ1) is 14.2. The summed E-state index contributed by atoms with van der Waals surface area (Å²) < 4.78 is 0.602. The quantitative estimate of drug-likeness (QED) is 0.919. The van der Waals surface area contributed by atoms with E-state index in [-0.39, 0.29) is 12.2 Å². The van der Waals surface area contributed by atoms with E-state index in [4.69, 9.17) is 0 Å². The summed E-state index contributed by atoms with van der Waals surface area (Å²) >= 11 is 3.34. The minimum absolute atomic E-state index is 0.180. The number of nitrogens with zero attached hydrogens (tertiary/aromatic N) is 2. The van der Waals surface area contributed by atoms with Crippen molar-refractivity contribution in [3.8, 4) is 12.1 Å². The van der Waals surface area contributed by atoms with E-state index < -0.39 is 17.2 Å². The van der Waals surface area contributed by atoms with Crippen molar-refractivity contribution in [2.45, 2.75) is 18.8 Å². The summed E-state index contributed by atoms with van der Waals surface area (Å²) in [4.78, 5) is 24.0. The molecule has 6 heteroatoms. The molecule has 0 aromatic heterocycles. The number of anilines is 1. The number of rotatable bonds is 3. The van der Waals surface area contributed by atoms with Gasteiger partial charge in [-0.3, -0.25) is 9.59 Å². The van der Waals surface area contributed by atoms with Crippen LogP contribution in [0.2, 0.25) is 0 Å². The van der Waals surface area contributed by atoms with Crippen molar-refractivity contribution >= 4 is 33.3 Å². The highest BCUT2D eigenvalue weighted by molar-refractivity contribution is 9.10. The fourth-order valence-electron chi connectivity index (χ4n) is 2.62. The van der Waals surface area contributed by atoms with Crippen molar-refractivity contribution in [1.29, 1.82) is 10.5 Å². The first-order valence-corrected chi connectivity index (χ1v) is 6.65. The summed E-state index contributed by atoms with van der Waals surface area (Å²) in [5.74, 6) is -1.96. The Bertz CT molecular complexity index is 673. The number of hydrogen-bond acceptors (Lipinski definition) is 4. The fraction of sp³-hybridized carbons (Fsp3) is 0.286. The number of nitrogens with one attached hydrogen (secondary N) is 1. The number of ketones is 1. The predicted molar refractivity (Wildman–Crippen MR) is 74.5 cm³/mol. The van der Waals surface area contributed by atoms with E-state index in [0.29, 0.717) is 15.7 Å². The molecule has 1 aromatic rings. The average molecular weight is 332 g/mol. The van der Waals surface area contributed by atoms with Crippen LogP contribution in [0.5, 0.6) is 0 Å². The molecule has 0 aliphatic carbocycles. The van der Waals surface area contributed by atoms with Gasteiger partial charge in [0.1, 0.15) is 11.2 Å². The number of nitriles is 2. The van der Waals surface area contributed by atoms with Gasteiger partial charge in [0.2, 0.25) is 5.91 Å². The number of benzene rings is 1. The monoisotopic (exact) mass is 331 g/mol. The molecule has 0 saturated carbocycles. The standard InChI is InChI=1S/C14H10BrN3O2/c1-8(19)5-14(9(6-16)7-17)12-10(15)3-2-4-11(12)18-13(14)20/h2-4,9H,5H2,1H3,(H,18,20)/t14-/m1/s1. The minimum atomic E-state index is -1.45. The van der Waals surface area contributed by atoms with E-state index in [1.54, 1.807) is 18.2 Å². The maximum absolute atomic E-state index is 12.4. The summed E-state index contributed by atoms with van der Waals surface area (Å²) in [6, 6.07) is 8.83. The summed E-state index contributed by atoms with van der Waals surface area (Å²) in [5, 5.41) is 21.1. The van der Waals surface area contributed by atoms with Crippen LogP contribution in [0.15, 0.2) is 22.7 Å². The maximum Gasteiger partial charge on any atom is 0.238 e. The lowest BCUT2D eigenvalue weighted by molar-refractivity contribution is -0.127. The largest absolute Gasteiger partial charge is 0.325 e. The highest BCUT2D eigenvalue weighted by atomic mass is 79.9. The molecule has 0 bridgehead atoms. The smallest absolute Gasteiger partial charge is 0.238 e. The van der Waals surface area contributed by atoms with Crippen molar-refractivity contribution in [3.05, 3.63) is 28.2 Å². The summed E-state index contributed by atoms with van der Waals surface area (Å²) in [7, 11) is 0. The Kier molecular flexibility index (Phi) is 3.61. The zero-order chi connectivity index (χ0) is 14.9. The minimum Gasteiger partial charge on any atom is -0.325 e. The van der Waals surface area contributed by atoms with Gasteiger partial charge in [0.15, 0.2) is 5.92 Å². The van der Waals surface area contributed by atoms with Gasteiger partial charge in [-0.1, -0.05) is 22.0 Å². The van der Waals surface area contributed by atoms with Crippen molar-refractivity contribution < 1.29 is 9.59 Å². The Hall–Kier alpha value is -2.18. The molecule has 1 atom stereocenters. The molecule has 0 saturated heterocycles. The molecule has 1 aromatic carbocycles. The van der Waals surface area contributed by atoms with Crippen LogP contribution < -0.4 is 5.32 Å². The molecular weight excluding hydrogens is 322 g/mol. The lowest BCUT2D eigenvalue weighted by Crippen LogP contribution is -2.42. The van der Waals surface area contributed by atoms with Crippen LogP contribution in [0.1, 0.15) is 18.9 Å². The molecule has 0 unspecified atom stereocenters. The van der Waals surface area contributed by atoms with Crippen LogP contribution in [0.25, 0.3) is 0 Å². The van der Waals surface area contributed by atoms with Crippen LogP contribution >= 0.6 is 15.9 Å². The van der Waals surface area contributed by atoms with Gasteiger partial charge in [0, 0.05) is 22.1 Å². The molecule has 0 fully saturated rings. The van der Waals surface area contributed by atoms with Crippen LogP contribution in [-0.2, 0) is 15.0 Å². The molecule has 2 rings (SSSR count). The molecule has 1 aliphatic heterocycles. The molecule has 0 radical (unpaired) electrons. The number of fused-ring (bicyclic) bond motifs is 1. The molecule has 1 amide bonds. The molecule has 20 heavy (non-hydrogen) atoms. The van der Waals surface area contributed by atoms with Gasteiger partial charge in [-0.05, 0) is 19.1 Å². The molecule has 1 N–H and O–H groups in total. The normalized spacial score (nSPS) is 19.9. The van der Waals surface area contributed by atoms with Gasteiger partial charge in [-0.25, -0.2) is 0 Å². The van der Waals surface area contributed by atoms with Gasteiger partial charge >= 0.3 is 0 Å². The summed E-state index contributed by atoms with van der Waals surface area (Å²) in [5.41, 5.74) is -0.417. The second kappa shape index (κ2) is 5.07. The van der Waals surface area contributed by atoms with E-state index >= 15 is 0 Å². The van der Waals surface area contributed by atoms with E-state index in [0.717, 1.165) is 0 Å². The Labute approximate surface area is 124 Å². The molecule has 5 nitrogen and oxygen atoms in total. The van der Waals surface area contributed by atoms with Crippen LogP contribution in [0.4, 0.5) is 5.69 Å². The number of halogens is 1. The lowest BCUT2D eigenvalue weighted by Gasteiger charge is -2.27. The Morgan fingerprint density at radius 3 is 2.65 bits per heavy atom. The van der Waals surface area contributed by atoms with Crippen molar-refractivity contribution in [1.82, 2.24) is 0 Å². The first-order valence-electron chi connectivity index (χ1n) is 5.86. The second-order valence-corrected chi connectivity index (χ2v) is 5.51. The van der Waals surface area contributed by atoms with Crippen LogP contribution in [0.3, 0.4) is 0 Å². The van der Waals surface area contributed by atoms with E-state index in [1.165, 1.54) is 6.92 Å². The number of amides is 1. The van der Waals surface area contributed by atoms with Gasteiger partial charge in [-0.2, -0.15) is 10.5 Å². The highest BCUT2D eigenvalue weighted by Gasteiger charge is 2.54. The molecule has 0 spiro atoms. The van der Waals surface area contributed by atoms with Crippen LogP contribution in [-0.4, -0.2) is 11.7 Å². The number of hydrogen-bond donors (Lipinski definition) is 1. The first-order chi connectivity index (χ1) is 9.47. The summed E-state index contributed by atoms with van der Waals surface area (Å²) in [6.45, 7) is 1.34. The molecule has 1 aliphatic rings. The van der Waals surface area contributed by atoms with Crippen molar-refractivity contribution in [2.75, 3.05) is 5.32 Å². The van der Waals surface area contributed by atoms with E-state index in [1.807, 2.05) is 12.1 Å². The second-order valence-electron chi connectivity index (χ2n) is 4.66. The SMILES string of the molecule is CC(=O)C[C@]1(C(C#N)C#N)C(=O)Nc2cccc(Br)c21. The number of carbonyl (C=O) groups is 2. The topological polar surface area (TPSA) is 93.8 Å². The van der Waals surface area contributed by atoms with Gasteiger partial charge in [0.25, 0.3) is 0 Å². The maximum atomic E-state index is 12.4. The van der Waals surface area contributed by atoms with Gasteiger partial charge in [-0.15, -0.1) is 0 Å². The van der Waals surface area contributed by atoms with Crippen molar-refractivity contribution in [2.24, 2.45) is 5.92 Å². The van der Waals surface area contributed by atoms with Crippen molar-refractivity contribution in [3.63, 3.8) is 0 Å². The Balaban J connectivity index is 2.77. The Morgan fingerprint density at radius 1 is 1.45 bits per heavy atom. The average Bonchev–Trinajstić information content (AvgIpc) is 2.65. The number of carbonyl (C=O) groups excluding carboxylic acids is 2. The fourth-order valence-corrected chi connectivity index (χ4v) is 3.34.